The summed E-state index contributed by atoms with van der Waals surface area (Å²) in [6, 6.07) is 0. The van der Waals surface area contributed by atoms with Gasteiger partial charge in [0.05, 0.1) is 4.32 Å². The van der Waals surface area contributed by atoms with E-state index in [1.54, 1.807) is 0 Å². The highest BCUT2D eigenvalue weighted by Crippen LogP contribution is 2.54. The van der Waals surface area contributed by atoms with E-state index >= 15 is 0 Å². The van der Waals surface area contributed by atoms with E-state index in [1.165, 1.54) is 51.4 Å². The van der Waals surface area contributed by atoms with Crippen LogP contribution in [0.15, 0.2) is 12.2 Å². The number of allylic oxidation sites excluding steroid dienone is 2. The van der Waals surface area contributed by atoms with E-state index in [4.69, 9.17) is 0 Å². The van der Waals surface area contributed by atoms with Gasteiger partial charge in [-0.1, -0.05) is 86.4 Å². The largest absolute Gasteiger partial charge is 0.298 e. The molecule has 1 saturated carbocycles. The van der Waals surface area contributed by atoms with Crippen LogP contribution in [-0.2, 0) is 4.79 Å². The van der Waals surface area contributed by atoms with Crippen LogP contribution in [0.25, 0.3) is 0 Å². The number of Topliss-reactive ketones (excluding diaryl/α,β-unsaturated/α-hetero) is 1. The second-order valence-electron chi connectivity index (χ2n) is 6.25. The molecular formula is C17H27BrO. The van der Waals surface area contributed by atoms with E-state index < -0.39 is 0 Å². The van der Waals surface area contributed by atoms with E-state index in [0.29, 0.717) is 17.6 Å². The summed E-state index contributed by atoms with van der Waals surface area (Å²) in [6.07, 6.45) is 17.1. The molecule has 2 rings (SSSR count). The molecule has 0 spiro atoms. The topological polar surface area (TPSA) is 17.1 Å². The minimum atomic E-state index is -0.188. The van der Waals surface area contributed by atoms with Crippen LogP contribution in [0.1, 0.15) is 71.1 Å². The third-order valence-corrected chi connectivity index (χ3v) is 6.15. The molecule has 0 aromatic rings. The van der Waals surface area contributed by atoms with Gasteiger partial charge < -0.3 is 0 Å². The zero-order valence-corrected chi connectivity index (χ0v) is 13.8. The summed E-state index contributed by atoms with van der Waals surface area (Å²) in [6.45, 7) is 2.26. The second kappa shape index (κ2) is 7.06. The Kier molecular flexibility index (Phi) is 5.68. The lowest BCUT2D eigenvalue weighted by Gasteiger charge is -2.46. The number of carbonyl (C=O) groups excluding carboxylic acids is 1. The third-order valence-electron chi connectivity index (χ3n) is 4.84. The minimum absolute atomic E-state index is 0.188. The van der Waals surface area contributed by atoms with Crippen molar-refractivity contribution >= 4 is 21.7 Å². The molecular weight excluding hydrogens is 300 g/mol. The van der Waals surface area contributed by atoms with E-state index in [9.17, 15) is 4.79 Å². The van der Waals surface area contributed by atoms with E-state index in [-0.39, 0.29) is 4.32 Å². The van der Waals surface area contributed by atoms with E-state index in [1.807, 2.05) is 0 Å². The fraction of sp³-hybridized carbons (Fsp3) is 0.824. The first-order valence-corrected chi connectivity index (χ1v) is 8.89. The van der Waals surface area contributed by atoms with Crippen LogP contribution in [0.4, 0.5) is 0 Å². The highest BCUT2D eigenvalue weighted by molar-refractivity contribution is 9.10. The Hall–Kier alpha value is -0.110. The molecule has 0 heterocycles. The summed E-state index contributed by atoms with van der Waals surface area (Å²) in [5, 5.41) is 0. The molecule has 0 N–H and O–H groups in total. The number of alkyl halides is 1. The van der Waals surface area contributed by atoms with Crippen LogP contribution in [0, 0.1) is 11.8 Å². The van der Waals surface area contributed by atoms with Gasteiger partial charge in [-0.25, -0.2) is 0 Å². The van der Waals surface area contributed by atoms with Gasteiger partial charge in [-0.15, -0.1) is 0 Å². The number of ketones is 1. The van der Waals surface area contributed by atoms with Crippen molar-refractivity contribution in [3.05, 3.63) is 12.2 Å². The van der Waals surface area contributed by atoms with Gasteiger partial charge in [0.25, 0.3) is 0 Å². The summed E-state index contributed by atoms with van der Waals surface area (Å²) in [4.78, 5) is 12.1. The van der Waals surface area contributed by atoms with Gasteiger partial charge in [0, 0.05) is 11.8 Å². The molecule has 108 valence electrons. The molecule has 0 aromatic carbocycles. The Bertz CT molecular complexity index is 336. The lowest BCUT2D eigenvalue weighted by Crippen LogP contribution is -2.57. The maximum atomic E-state index is 12.1. The first kappa shape index (κ1) is 15.3. The summed E-state index contributed by atoms with van der Waals surface area (Å²) >= 11 is 3.74. The number of halogens is 1. The summed E-state index contributed by atoms with van der Waals surface area (Å²) in [5.41, 5.74) is 0. The molecule has 0 aromatic heterocycles. The molecule has 2 aliphatic rings. The van der Waals surface area contributed by atoms with E-state index in [0.717, 1.165) is 12.8 Å². The molecule has 0 bridgehead atoms. The van der Waals surface area contributed by atoms with Crippen LogP contribution < -0.4 is 0 Å². The molecule has 19 heavy (non-hydrogen) atoms. The minimum Gasteiger partial charge on any atom is -0.298 e. The number of rotatable bonds is 9. The van der Waals surface area contributed by atoms with Gasteiger partial charge >= 0.3 is 0 Å². The van der Waals surface area contributed by atoms with Gasteiger partial charge in [-0.2, -0.15) is 0 Å². The van der Waals surface area contributed by atoms with Crippen molar-refractivity contribution in [3.63, 3.8) is 0 Å². The molecule has 0 unspecified atom stereocenters. The van der Waals surface area contributed by atoms with Crippen molar-refractivity contribution < 1.29 is 4.79 Å². The average Bonchev–Trinajstić information content (AvgIpc) is 2.88. The smallest absolute Gasteiger partial charge is 0.154 e. The SMILES string of the molecule is CCCCCCCCCC[C@]1(Br)C(=O)[C@@H]2CC=C[C@@H]21. The number of unbranched alkanes of at least 4 members (excludes halogenated alkanes) is 7. The predicted octanol–water partition coefficient (Wildman–Crippen LogP) is 5.43. The lowest BCUT2D eigenvalue weighted by atomic mass is 9.63. The van der Waals surface area contributed by atoms with E-state index in [2.05, 4.69) is 35.0 Å². The Balaban J connectivity index is 1.56. The monoisotopic (exact) mass is 326 g/mol. The van der Waals surface area contributed by atoms with Gasteiger partial charge in [-0.05, 0) is 12.8 Å². The average molecular weight is 327 g/mol. The Morgan fingerprint density at radius 1 is 1.16 bits per heavy atom. The fourth-order valence-corrected chi connectivity index (χ4v) is 4.62. The van der Waals surface area contributed by atoms with Gasteiger partial charge in [0.1, 0.15) is 0 Å². The highest BCUT2D eigenvalue weighted by Gasteiger charge is 2.59. The number of carbonyl (C=O) groups is 1. The van der Waals surface area contributed by atoms with Crippen molar-refractivity contribution in [3.8, 4) is 0 Å². The zero-order valence-electron chi connectivity index (χ0n) is 12.2. The Morgan fingerprint density at radius 2 is 1.79 bits per heavy atom. The van der Waals surface area contributed by atoms with Crippen LogP contribution in [0.2, 0.25) is 0 Å². The van der Waals surface area contributed by atoms with Gasteiger partial charge in [0.2, 0.25) is 0 Å². The normalized spacial score (nSPS) is 32.4. The van der Waals surface area contributed by atoms with Crippen molar-refractivity contribution in [1.29, 1.82) is 0 Å². The molecule has 0 amide bonds. The summed E-state index contributed by atoms with van der Waals surface area (Å²) in [7, 11) is 0. The maximum Gasteiger partial charge on any atom is 0.154 e. The number of fused-ring (bicyclic) bond motifs is 1. The molecule has 1 fully saturated rings. The third kappa shape index (κ3) is 3.32. The Morgan fingerprint density at radius 3 is 2.47 bits per heavy atom. The van der Waals surface area contributed by atoms with Crippen LogP contribution in [-0.4, -0.2) is 10.1 Å². The molecule has 0 radical (unpaired) electrons. The quantitative estimate of drug-likeness (QED) is 0.314. The second-order valence-corrected chi connectivity index (χ2v) is 7.66. The lowest BCUT2D eigenvalue weighted by molar-refractivity contribution is -0.136. The molecule has 1 nitrogen and oxygen atoms in total. The fourth-order valence-electron chi connectivity index (χ4n) is 3.58. The molecule has 2 aliphatic carbocycles. The first-order chi connectivity index (χ1) is 9.20. The van der Waals surface area contributed by atoms with Gasteiger partial charge in [0.15, 0.2) is 5.78 Å². The number of hydrogen-bond acceptors (Lipinski definition) is 1. The predicted molar refractivity (Wildman–Crippen MR) is 84.6 cm³/mol. The molecule has 2 heteroatoms. The highest BCUT2D eigenvalue weighted by atomic mass is 79.9. The maximum absolute atomic E-state index is 12.1. The molecule has 0 aliphatic heterocycles. The van der Waals surface area contributed by atoms with Crippen molar-refractivity contribution in [2.45, 2.75) is 75.5 Å². The van der Waals surface area contributed by atoms with Crippen molar-refractivity contribution in [1.82, 2.24) is 0 Å². The summed E-state index contributed by atoms with van der Waals surface area (Å²) in [5.74, 6) is 1.27. The standard InChI is InChI=1S/C17H27BrO/c1-2-3-4-5-6-7-8-9-13-17(18)15-12-10-11-14(15)16(17)19/h10,12,14-15H,2-9,11,13H2,1H3/t14-,15+,17-/m1/s1. The zero-order chi connectivity index (χ0) is 13.7. The number of hydrogen-bond donors (Lipinski definition) is 0. The van der Waals surface area contributed by atoms with Crippen LogP contribution >= 0.6 is 15.9 Å². The van der Waals surface area contributed by atoms with Crippen molar-refractivity contribution in [2.75, 3.05) is 0 Å². The van der Waals surface area contributed by atoms with Gasteiger partial charge in [-0.3, -0.25) is 4.79 Å². The molecule has 0 saturated heterocycles. The first-order valence-electron chi connectivity index (χ1n) is 8.10. The van der Waals surface area contributed by atoms with Crippen molar-refractivity contribution in [2.24, 2.45) is 11.8 Å². The van der Waals surface area contributed by atoms with Crippen LogP contribution in [0.5, 0.6) is 0 Å². The summed E-state index contributed by atoms with van der Waals surface area (Å²) < 4.78 is -0.188. The Labute approximate surface area is 126 Å². The molecule has 3 atom stereocenters. The van der Waals surface area contributed by atoms with Crippen LogP contribution in [0.3, 0.4) is 0 Å².